The van der Waals surface area contributed by atoms with Gasteiger partial charge in [-0.3, -0.25) is 0 Å². The zero-order valence-electron chi connectivity index (χ0n) is 5.77. The Morgan fingerprint density at radius 2 is 1.90 bits per heavy atom. The summed E-state index contributed by atoms with van der Waals surface area (Å²) in [5, 5.41) is 10.1. The minimum Gasteiger partial charge on any atom is -0.303 e. The summed E-state index contributed by atoms with van der Waals surface area (Å²) in [5.74, 6) is 0. The number of hydrogen-bond acceptors (Lipinski definition) is 4. The van der Waals surface area contributed by atoms with Crippen LogP contribution in [-0.2, 0) is 4.79 Å². The first-order valence-corrected chi connectivity index (χ1v) is 2.93. The molecular formula is C6H9N3O. The van der Waals surface area contributed by atoms with E-state index in [1.165, 1.54) is 0 Å². The summed E-state index contributed by atoms with van der Waals surface area (Å²) in [5.41, 5.74) is 0. The molecule has 1 aromatic heterocycles. The molecule has 4 nitrogen and oxygen atoms in total. The predicted octanol–water partition coefficient (Wildman–Crippen LogP) is 0.467. The van der Waals surface area contributed by atoms with Crippen LogP contribution in [0, 0.1) is 0 Å². The van der Waals surface area contributed by atoms with Gasteiger partial charge < -0.3 is 4.79 Å². The number of aromatic nitrogens is 3. The van der Waals surface area contributed by atoms with Crippen molar-refractivity contribution in [2.24, 2.45) is 0 Å². The third-order valence-corrected chi connectivity index (χ3v) is 0.575. The van der Waals surface area contributed by atoms with Gasteiger partial charge in [0.05, 0.1) is 12.4 Å². The molecule has 0 amide bonds. The number of nitrogens with zero attached hydrogens (tertiary/aromatic N) is 3. The highest BCUT2D eigenvalue weighted by molar-refractivity contribution is 5.48. The van der Waals surface area contributed by atoms with Crippen molar-refractivity contribution in [2.75, 3.05) is 0 Å². The van der Waals surface area contributed by atoms with E-state index < -0.39 is 0 Å². The van der Waals surface area contributed by atoms with Crippen molar-refractivity contribution in [3.8, 4) is 0 Å². The molecule has 0 aliphatic carbocycles. The standard InChI is InChI=1S/C3H3N3.C3H6O/c1-2-4-6-5-3-1;1-2-3-4/h1-3H;3H,2H2,1H3. The number of carbonyl (C=O) groups excluding carboxylic acids is 1. The second-order valence-electron chi connectivity index (χ2n) is 1.39. The SMILES string of the molecule is CCC=O.c1cnnnc1. The molecular weight excluding hydrogens is 130 g/mol. The smallest absolute Gasteiger partial charge is 0.119 e. The second-order valence-corrected chi connectivity index (χ2v) is 1.39. The molecule has 0 N–H and O–H groups in total. The Labute approximate surface area is 59.3 Å². The lowest BCUT2D eigenvalue weighted by molar-refractivity contribution is -0.107. The zero-order valence-corrected chi connectivity index (χ0v) is 5.77. The van der Waals surface area contributed by atoms with Gasteiger partial charge in [0.25, 0.3) is 0 Å². The third kappa shape index (κ3) is 6.68. The summed E-state index contributed by atoms with van der Waals surface area (Å²) in [6, 6.07) is 1.72. The molecule has 0 unspecified atom stereocenters. The first kappa shape index (κ1) is 8.68. The molecule has 10 heavy (non-hydrogen) atoms. The van der Waals surface area contributed by atoms with E-state index in [1.54, 1.807) is 18.5 Å². The molecule has 0 saturated heterocycles. The van der Waals surface area contributed by atoms with Gasteiger partial charge in [0.1, 0.15) is 6.29 Å². The highest BCUT2D eigenvalue weighted by atomic mass is 16.1. The molecule has 0 aliphatic rings. The molecule has 0 aliphatic heterocycles. The Hall–Kier alpha value is -1.32. The predicted molar refractivity (Wildman–Crippen MR) is 36.2 cm³/mol. The Morgan fingerprint density at radius 1 is 1.40 bits per heavy atom. The maximum atomic E-state index is 9.17. The van der Waals surface area contributed by atoms with Crippen molar-refractivity contribution < 1.29 is 4.79 Å². The van der Waals surface area contributed by atoms with E-state index in [4.69, 9.17) is 0 Å². The molecule has 0 bridgehead atoms. The maximum Gasteiger partial charge on any atom is 0.119 e. The largest absolute Gasteiger partial charge is 0.303 e. The molecule has 0 atom stereocenters. The van der Waals surface area contributed by atoms with Crippen LogP contribution in [0.3, 0.4) is 0 Å². The van der Waals surface area contributed by atoms with Crippen molar-refractivity contribution in [1.29, 1.82) is 0 Å². The monoisotopic (exact) mass is 139 g/mol. The van der Waals surface area contributed by atoms with E-state index in [0.29, 0.717) is 6.42 Å². The maximum absolute atomic E-state index is 9.17. The van der Waals surface area contributed by atoms with Gasteiger partial charge >= 0.3 is 0 Å². The molecule has 0 radical (unpaired) electrons. The van der Waals surface area contributed by atoms with Crippen molar-refractivity contribution >= 4 is 6.29 Å². The topological polar surface area (TPSA) is 55.7 Å². The average molecular weight is 139 g/mol. The van der Waals surface area contributed by atoms with Gasteiger partial charge in [-0.1, -0.05) is 6.92 Å². The minimum atomic E-state index is 0.639. The Kier molecular flexibility index (Phi) is 6.67. The molecule has 4 heteroatoms. The van der Waals surface area contributed by atoms with Crippen LogP contribution in [0.5, 0.6) is 0 Å². The fraction of sp³-hybridized carbons (Fsp3) is 0.333. The quantitative estimate of drug-likeness (QED) is 0.530. The molecule has 0 saturated carbocycles. The molecule has 0 fully saturated rings. The first-order valence-electron chi connectivity index (χ1n) is 2.93. The van der Waals surface area contributed by atoms with Gasteiger partial charge in [0.15, 0.2) is 0 Å². The summed E-state index contributed by atoms with van der Waals surface area (Å²) in [6.07, 6.45) is 4.67. The van der Waals surface area contributed by atoms with Gasteiger partial charge in [0, 0.05) is 6.42 Å². The normalized spacial score (nSPS) is 7.30. The summed E-state index contributed by atoms with van der Waals surface area (Å²) < 4.78 is 0. The van der Waals surface area contributed by atoms with Crippen molar-refractivity contribution in [3.05, 3.63) is 18.5 Å². The second kappa shape index (κ2) is 7.68. The van der Waals surface area contributed by atoms with Gasteiger partial charge in [-0.25, -0.2) is 0 Å². The van der Waals surface area contributed by atoms with Gasteiger partial charge in [-0.2, -0.15) is 0 Å². The van der Waals surface area contributed by atoms with E-state index >= 15 is 0 Å². The highest BCUT2D eigenvalue weighted by Crippen LogP contribution is 1.61. The molecule has 0 aromatic carbocycles. The van der Waals surface area contributed by atoms with Crippen LogP contribution in [0.2, 0.25) is 0 Å². The van der Waals surface area contributed by atoms with E-state index in [0.717, 1.165) is 6.29 Å². The van der Waals surface area contributed by atoms with Crippen LogP contribution < -0.4 is 0 Å². The van der Waals surface area contributed by atoms with E-state index in [2.05, 4.69) is 15.4 Å². The number of hydrogen-bond donors (Lipinski definition) is 0. The fourth-order valence-corrected chi connectivity index (χ4v) is 0.205. The third-order valence-electron chi connectivity index (χ3n) is 0.575. The van der Waals surface area contributed by atoms with Gasteiger partial charge in [0.2, 0.25) is 0 Å². The number of rotatable bonds is 1. The Bertz CT molecular complexity index is 128. The molecule has 54 valence electrons. The lowest BCUT2D eigenvalue weighted by atomic mass is 10.6. The Balaban J connectivity index is 0.000000180. The van der Waals surface area contributed by atoms with Crippen LogP contribution >= 0.6 is 0 Å². The first-order chi connectivity index (χ1) is 4.91. The lowest BCUT2D eigenvalue weighted by Gasteiger charge is -1.68. The number of carbonyl (C=O) groups is 1. The number of aldehydes is 1. The summed E-state index contributed by atoms with van der Waals surface area (Å²) in [4.78, 5) is 9.17. The van der Waals surface area contributed by atoms with Crippen molar-refractivity contribution in [2.45, 2.75) is 13.3 Å². The van der Waals surface area contributed by atoms with Crippen LogP contribution in [0.4, 0.5) is 0 Å². The molecule has 0 spiro atoms. The van der Waals surface area contributed by atoms with Crippen LogP contribution in [0.25, 0.3) is 0 Å². The van der Waals surface area contributed by atoms with E-state index in [-0.39, 0.29) is 0 Å². The molecule has 1 heterocycles. The van der Waals surface area contributed by atoms with E-state index in [9.17, 15) is 4.79 Å². The molecule has 1 rings (SSSR count). The van der Waals surface area contributed by atoms with Crippen molar-refractivity contribution in [3.63, 3.8) is 0 Å². The van der Waals surface area contributed by atoms with Crippen LogP contribution in [0.1, 0.15) is 13.3 Å². The van der Waals surface area contributed by atoms with Crippen LogP contribution in [0.15, 0.2) is 18.5 Å². The summed E-state index contributed by atoms with van der Waals surface area (Å²) in [7, 11) is 0. The summed E-state index contributed by atoms with van der Waals surface area (Å²) >= 11 is 0. The van der Waals surface area contributed by atoms with E-state index in [1.807, 2.05) is 6.92 Å². The van der Waals surface area contributed by atoms with Gasteiger partial charge in [-0.05, 0) is 11.3 Å². The fourth-order valence-electron chi connectivity index (χ4n) is 0.205. The van der Waals surface area contributed by atoms with Crippen LogP contribution in [-0.4, -0.2) is 21.7 Å². The van der Waals surface area contributed by atoms with Gasteiger partial charge in [-0.15, -0.1) is 10.2 Å². The lowest BCUT2D eigenvalue weighted by Crippen LogP contribution is -1.78. The highest BCUT2D eigenvalue weighted by Gasteiger charge is 1.60. The minimum absolute atomic E-state index is 0.639. The average Bonchev–Trinajstić information content (AvgIpc) is 2.08. The molecule has 1 aromatic rings. The summed E-state index contributed by atoms with van der Waals surface area (Å²) in [6.45, 7) is 1.81. The zero-order chi connectivity index (χ0) is 7.66. The van der Waals surface area contributed by atoms with Crippen molar-refractivity contribution in [1.82, 2.24) is 15.4 Å². The Morgan fingerprint density at radius 3 is 2.00 bits per heavy atom.